The smallest absolute Gasteiger partial charge is 0.0724 e. The Morgan fingerprint density at radius 2 is 1.90 bits per heavy atom. The zero-order valence-electron chi connectivity index (χ0n) is 14.5. The van der Waals surface area contributed by atoms with Crippen molar-refractivity contribution in [2.45, 2.75) is 51.7 Å². The molecule has 2 N–H and O–H groups in total. The highest BCUT2D eigenvalue weighted by Gasteiger charge is 2.42. The average molecular weight is 297 g/mol. The molecule has 2 aliphatic heterocycles. The Labute approximate surface area is 131 Å². The van der Waals surface area contributed by atoms with Gasteiger partial charge in [-0.3, -0.25) is 4.90 Å². The summed E-state index contributed by atoms with van der Waals surface area (Å²) in [6, 6.07) is 0. The summed E-state index contributed by atoms with van der Waals surface area (Å²) in [7, 11) is 1.85. The van der Waals surface area contributed by atoms with Gasteiger partial charge in [0.1, 0.15) is 0 Å². The van der Waals surface area contributed by atoms with E-state index in [2.05, 4.69) is 30.6 Å². The fraction of sp³-hybridized carbons (Fsp3) is 1.00. The third kappa shape index (κ3) is 3.98. The fourth-order valence-electron chi connectivity index (χ4n) is 4.09. The van der Waals surface area contributed by atoms with Crippen molar-refractivity contribution in [3.8, 4) is 0 Å². The quantitative estimate of drug-likeness (QED) is 0.840. The lowest BCUT2D eigenvalue weighted by molar-refractivity contribution is -0.0623. The molecule has 0 aromatic rings. The number of nitrogens with two attached hydrogens (primary N) is 1. The van der Waals surface area contributed by atoms with E-state index in [0.717, 1.165) is 19.0 Å². The standard InChI is InChI=1S/C17H35N3O/c1-14(2)11-19-9-6-17(13-18,7-10-19)20-8-5-15(3)16(12-20)21-4/h14-16H,5-13,18H2,1-4H3. The first kappa shape index (κ1) is 17.2. The highest BCUT2D eigenvalue weighted by Crippen LogP contribution is 2.33. The molecule has 2 saturated heterocycles. The molecule has 2 unspecified atom stereocenters. The summed E-state index contributed by atoms with van der Waals surface area (Å²) < 4.78 is 5.69. The molecule has 0 amide bonds. The summed E-state index contributed by atoms with van der Waals surface area (Å²) in [5.74, 6) is 1.42. The van der Waals surface area contributed by atoms with Crippen LogP contribution in [0.3, 0.4) is 0 Å². The number of methoxy groups -OCH3 is 1. The minimum Gasteiger partial charge on any atom is -0.380 e. The van der Waals surface area contributed by atoms with Gasteiger partial charge in [0.15, 0.2) is 0 Å². The molecule has 0 saturated carbocycles. The molecule has 2 atom stereocenters. The van der Waals surface area contributed by atoms with E-state index in [1.807, 2.05) is 7.11 Å². The van der Waals surface area contributed by atoms with Crippen molar-refractivity contribution in [1.82, 2.24) is 9.80 Å². The molecule has 0 aromatic heterocycles. The zero-order chi connectivity index (χ0) is 15.5. The van der Waals surface area contributed by atoms with E-state index in [0.29, 0.717) is 12.0 Å². The highest BCUT2D eigenvalue weighted by molar-refractivity contribution is 4.99. The topological polar surface area (TPSA) is 41.7 Å². The Bertz CT molecular complexity index is 313. The largest absolute Gasteiger partial charge is 0.380 e. The van der Waals surface area contributed by atoms with E-state index in [4.69, 9.17) is 10.5 Å². The second kappa shape index (κ2) is 7.40. The van der Waals surface area contributed by atoms with Crippen LogP contribution in [-0.4, -0.2) is 67.8 Å². The van der Waals surface area contributed by atoms with Crippen molar-refractivity contribution in [1.29, 1.82) is 0 Å². The zero-order valence-corrected chi connectivity index (χ0v) is 14.5. The SMILES string of the molecule is COC1CN(C2(CN)CCN(CC(C)C)CC2)CCC1C. The molecule has 2 aliphatic rings. The van der Waals surface area contributed by atoms with E-state index in [9.17, 15) is 0 Å². The van der Waals surface area contributed by atoms with Gasteiger partial charge in [-0.15, -0.1) is 0 Å². The van der Waals surface area contributed by atoms with Crippen molar-refractivity contribution in [2.75, 3.05) is 46.4 Å². The summed E-state index contributed by atoms with van der Waals surface area (Å²) in [6.07, 6.45) is 4.02. The Balaban J connectivity index is 1.96. The molecule has 2 fully saturated rings. The van der Waals surface area contributed by atoms with Crippen molar-refractivity contribution in [2.24, 2.45) is 17.6 Å². The molecule has 2 heterocycles. The van der Waals surface area contributed by atoms with Gasteiger partial charge in [0.25, 0.3) is 0 Å². The van der Waals surface area contributed by atoms with Gasteiger partial charge >= 0.3 is 0 Å². The minimum atomic E-state index is 0.213. The van der Waals surface area contributed by atoms with Crippen molar-refractivity contribution < 1.29 is 4.74 Å². The van der Waals surface area contributed by atoms with Crippen LogP contribution in [0.1, 0.15) is 40.0 Å². The monoisotopic (exact) mass is 297 g/mol. The van der Waals surface area contributed by atoms with Gasteiger partial charge in [0, 0.05) is 32.3 Å². The highest BCUT2D eigenvalue weighted by atomic mass is 16.5. The molecule has 21 heavy (non-hydrogen) atoms. The summed E-state index contributed by atoms with van der Waals surface area (Å²) in [4.78, 5) is 5.26. The first-order valence-electron chi connectivity index (χ1n) is 8.71. The second-order valence-electron chi connectivity index (χ2n) is 7.61. The van der Waals surface area contributed by atoms with Crippen LogP contribution in [0, 0.1) is 11.8 Å². The first-order valence-corrected chi connectivity index (χ1v) is 8.71. The summed E-state index contributed by atoms with van der Waals surface area (Å²) in [5.41, 5.74) is 6.45. The molecule has 0 radical (unpaired) electrons. The van der Waals surface area contributed by atoms with Crippen LogP contribution < -0.4 is 5.73 Å². The molecular formula is C17H35N3O. The maximum Gasteiger partial charge on any atom is 0.0724 e. The minimum absolute atomic E-state index is 0.213. The molecular weight excluding hydrogens is 262 g/mol. The number of nitrogens with zero attached hydrogens (tertiary/aromatic N) is 2. The summed E-state index contributed by atoms with van der Waals surface area (Å²) in [5, 5.41) is 0. The molecule has 0 aromatic carbocycles. The van der Waals surface area contributed by atoms with Crippen molar-refractivity contribution >= 4 is 0 Å². The molecule has 0 aliphatic carbocycles. The van der Waals surface area contributed by atoms with Crippen LogP contribution in [0.4, 0.5) is 0 Å². The van der Waals surface area contributed by atoms with Gasteiger partial charge in [-0.05, 0) is 50.7 Å². The van der Waals surface area contributed by atoms with Crippen molar-refractivity contribution in [3.05, 3.63) is 0 Å². The fourth-order valence-corrected chi connectivity index (χ4v) is 4.09. The van der Waals surface area contributed by atoms with Crippen LogP contribution in [-0.2, 0) is 4.74 Å². The summed E-state index contributed by atoms with van der Waals surface area (Å²) >= 11 is 0. The van der Waals surface area contributed by atoms with Gasteiger partial charge in [0.2, 0.25) is 0 Å². The van der Waals surface area contributed by atoms with Crippen molar-refractivity contribution in [3.63, 3.8) is 0 Å². The lowest BCUT2D eigenvalue weighted by Gasteiger charge is -2.52. The van der Waals surface area contributed by atoms with E-state index in [1.165, 1.54) is 45.4 Å². The predicted molar refractivity (Wildman–Crippen MR) is 88.4 cm³/mol. The van der Waals surface area contributed by atoms with Crippen LogP contribution >= 0.6 is 0 Å². The molecule has 0 bridgehead atoms. The lowest BCUT2D eigenvalue weighted by atomic mass is 9.82. The molecule has 4 heteroatoms. The van der Waals surface area contributed by atoms with Gasteiger partial charge in [0.05, 0.1) is 6.10 Å². The summed E-state index contributed by atoms with van der Waals surface area (Å²) in [6.45, 7) is 13.6. The number of likely N-dealkylation sites (tertiary alicyclic amines) is 2. The third-order valence-corrected chi connectivity index (χ3v) is 5.65. The predicted octanol–water partition coefficient (Wildman–Crippen LogP) is 1.79. The number of ether oxygens (including phenoxy) is 1. The molecule has 2 rings (SSSR count). The van der Waals surface area contributed by atoms with Gasteiger partial charge in [-0.2, -0.15) is 0 Å². The third-order valence-electron chi connectivity index (χ3n) is 5.65. The number of rotatable bonds is 5. The van der Waals surface area contributed by atoms with Crippen LogP contribution in [0.25, 0.3) is 0 Å². The number of hydrogen-bond acceptors (Lipinski definition) is 4. The Morgan fingerprint density at radius 3 is 2.43 bits per heavy atom. The maximum absolute atomic E-state index is 6.24. The van der Waals surface area contributed by atoms with Crippen LogP contribution in [0.2, 0.25) is 0 Å². The molecule has 4 nitrogen and oxygen atoms in total. The second-order valence-corrected chi connectivity index (χ2v) is 7.61. The first-order chi connectivity index (χ1) is 10.0. The lowest BCUT2D eigenvalue weighted by Crippen LogP contribution is -2.63. The number of hydrogen-bond donors (Lipinski definition) is 1. The molecule has 124 valence electrons. The average Bonchev–Trinajstić information content (AvgIpc) is 2.48. The van der Waals surface area contributed by atoms with Crippen LogP contribution in [0.15, 0.2) is 0 Å². The van der Waals surface area contributed by atoms with Gasteiger partial charge in [-0.1, -0.05) is 20.8 Å². The maximum atomic E-state index is 6.24. The van der Waals surface area contributed by atoms with Gasteiger partial charge < -0.3 is 15.4 Å². The van der Waals surface area contributed by atoms with E-state index in [-0.39, 0.29) is 5.54 Å². The van der Waals surface area contributed by atoms with Gasteiger partial charge in [-0.25, -0.2) is 0 Å². The Kier molecular flexibility index (Phi) is 6.06. The normalized spacial score (nSPS) is 31.7. The van der Waals surface area contributed by atoms with Crippen LogP contribution in [0.5, 0.6) is 0 Å². The Hall–Kier alpha value is -0.160. The van der Waals surface area contributed by atoms with E-state index >= 15 is 0 Å². The van der Waals surface area contributed by atoms with E-state index in [1.54, 1.807) is 0 Å². The Morgan fingerprint density at radius 1 is 1.24 bits per heavy atom. The molecule has 0 spiro atoms. The van der Waals surface area contributed by atoms with E-state index < -0.39 is 0 Å². The number of piperidine rings is 2.